The van der Waals surface area contributed by atoms with Crippen LogP contribution in [0.25, 0.3) is 21.5 Å². The molecule has 0 aromatic heterocycles. The van der Waals surface area contributed by atoms with Crippen molar-refractivity contribution in [1.29, 1.82) is 0 Å². The molecule has 1 saturated heterocycles. The number of hydrogen-bond donors (Lipinski definition) is 0. The van der Waals surface area contributed by atoms with Gasteiger partial charge in [0.2, 0.25) is 0 Å². The Hall–Kier alpha value is -1.67. The van der Waals surface area contributed by atoms with Gasteiger partial charge in [0.25, 0.3) is 0 Å². The zero-order valence-electron chi connectivity index (χ0n) is 12.3. The topological polar surface area (TPSA) is 9.23 Å². The number of ether oxygens (including phenoxy) is 1. The molecule has 0 spiro atoms. The maximum absolute atomic E-state index is 5.76. The monoisotopic (exact) mass is 295 g/mol. The zero-order valence-corrected chi connectivity index (χ0v) is 13.1. The molecule has 0 aliphatic carbocycles. The minimum absolute atomic E-state index is 0.394. The Kier molecular flexibility index (Phi) is 3.27. The lowest BCUT2D eigenvalue weighted by atomic mass is 10.0. The maximum Gasteiger partial charge on any atom is 0.170 e. The van der Waals surface area contributed by atoms with Crippen LogP contribution in [0.1, 0.15) is 12.8 Å². The summed E-state index contributed by atoms with van der Waals surface area (Å²) >= 11 is 0. The number of hydrogen-bond acceptors (Lipinski definition) is 1. The van der Waals surface area contributed by atoms with Gasteiger partial charge in [0, 0.05) is 32.4 Å². The van der Waals surface area contributed by atoms with E-state index in [-0.39, 0.29) is 0 Å². The van der Waals surface area contributed by atoms with Gasteiger partial charge in [-0.3, -0.25) is 0 Å². The molecule has 0 radical (unpaired) electrons. The van der Waals surface area contributed by atoms with Crippen molar-refractivity contribution < 1.29 is 4.74 Å². The molecule has 3 aromatic rings. The smallest absolute Gasteiger partial charge is 0.170 e. The van der Waals surface area contributed by atoms with Gasteiger partial charge < -0.3 is 4.74 Å². The average Bonchev–Trinajstić information content (AvgIpc) is 3.06. The van der Waals surface area contributed by atoms with E-state index < -0.39 is 0 Å². The number of methoxy groups -OCH3 is 1. The minimum atomic E-state index is 0.394. The number of benzene rings is 3. The van der Waals surface area contributed by atoms with Gasteiger partial charge in [-0.25, -0.2) is 0 Å². The van der Waals surface area contributed by atoms with Gasteiger partial charge in [-0.05, 0) is 25.0 Å². The number of fused-ring (bicyclic) bond motifs is 2. The van der Waals surface area contributed by atoms with Crippen molar-refractivity contribution in [2.24, 2.45) is 0 Å². The van der Waals surface area contributed by atoms with E-state index in [4.69, 9.17) is 4.74 Å². The molecule has 1 nitrogen and oxygen atoms in total. The summed E-state index contributed by atoms with van der Waals surface area (Å²) in [6.07, 6.45) is 2.75. The lowest BCUT2D eigenvalue weighted by Gasteiger charge is -2.14. The van der Waals surface area contributed by atoms with E-state index in [0.29, 0.717) is 10.9 Å². The molecule has 0 unspecified atom stereocenters. The summed E-state index contributed by atoms with van der Waals surface area (Å²) < 4.78 is 5.76. The van der Waals surface area contributed by atoms with Crippen molar-refractivity contribution in [3.05, 3.63) is 48.5 Å². The van der Waals surface area contributed by atoms with Crippen molar-refractivity contribution in [2.75, 3.05) is 18.6 Å². The normalized spacial score (nSPS) is 15.9. The van der Waals surface area contributed by atoms with Crippen LogP contribution in [-0.4, -0.2) is 18.6 Å². The number of rotatable bonds is 2. The first-order chi connectivity index (χ1) is 10.4. The second-order valence-electron chi connectivity index (χ2n) is 5.56. The Balaban J connectivity index is 2.17. The van der Waals surface area contributed by atoms with E-state index in [1.807, 2.05) is 0 Å². The summed E-state index contributed by atoms with van der Waals surface area (Å²) in [4.78, 5) is 1.57. The molecule has 0 saturated carbocycles. The van der Waals surface area contributed by atoms with E-state index in [1.54, 1.807) is 12.0 Å². The molecule has 1 aliphatic rings. The highest BCUT2D eigenvalue weighted by atomic mass is 32.2. The highest BCUT2D eigenvalue weighted by molar-refractivity contribution is 7.97. The fourth-order valence-corrected chi connectivity index (χ4v) is 6.13. The van der Waals surface area contributed by atoms with Crippen LogP contribution in [0.15, 0.2) is 53.4 Å². The van der Waals surface area contributed by atoms with Crippen molar-refractivity contribution in [3.8, 4) is 5.75 Å². The van der Waals surface area contributed by atoms with Crippen molar-refractivity contribution in [3.63, 3.8) is 0 Å². The molecule has 106 valence electrons. The zero-order chi connectivity index (χ0) is 14.2. The third kappa shape index (κ3) is 2.01. The summed E-state index contributed by atoms with van der Waals surface area (Å²) in [6, 6.07) is 17.5. The SMILES string of the molecule is COc1c2ccccc2c([S+]2CCCC2)c2ccccc12. The molecular formula is C19H19OS+. The standard InChI is InChI=1S/C19H19OS/c1-20-18-14-8-2-4-10-16(14)19(21-12-6-7-13-21)17-11-5-3-9-15(17)18/h2-5,8-11H,6-7,12-13H2,1H3/q+1. The summed E-state index contributed by atoms with van der Waals surface area (Å²) in [5.74, 6) is 3.72. The first-order valence-corrected chi connectivity index (χ1v) is 9.11. The van der Waals surface area contributed by atoms with Gasteiger partial charge in [-0.15, -0.1) is 0 Å². The summed E-state index contributed by atoms with van der Waals surface area (Å²) in [6.45, 7) is 0. The molecule has 21 heavy (non-hydrogen) atoms. The predicted molar refractivity (Wildman–Crippen MR) is 92.6 cm³/mol. The van der Waals surface area contributed by atoms with Crippen LogP contribution in [0.4, 0.5) is 0 Å². The van der Waals surface area contributed by atoms with Gasteiger partial charge in [-0.1, -0.05) is 36.4 Å². The van der Waals surface area contributed by atoms with E-state index in [9.17, 15) is 0 Å². The van der Waals surface area contributed by atoms with Crippen molar-refractivity contribution >= 4 is 32.4 Å². The highest BCUT2D eigenvalue weighted by Crippen LogP contribution is 2.42. The largest absolute Gasteiger partial charge is 0.495 e. The van der Waals surface area contributed by atoms with E-state index >= 15 is 0 Å². The summed E-state index contributed by atoms with van der Waals surface area (Å²) in [7, 11) is 2.18. The molecule has 0 N–H and O–H groups in total. The van der Waals surface area contributed by atoms with Crippen LogP contribution in [-0.2, 0) is 10.9 Å². The molecule has 2 heteroatoms. The third-order valence-electron chi connectivity index (χ3n) is 4.36. The Morgan fingerprint density at radius 1 is 0.762 bits per heavy atom. The minimum Gasteiger partial charge on any atom is -0.495 e. The molecule has 4 rings (SSSR count). The van der Waals surface area contributed by atoms with Crippen LogP contribution >= 0.6 is 0 Å². The molecular weight excluding hydrogens is 276 g/mol. The molecule has 0 atom stereocenters. The van der Waals surface area contributed by atoms with Gasteiger partial charge in [0.15, 0.2) is 4.90 Å². The Morgan fingerprint density at radius 2 is 1.24 bits per heavy atom. The molecule has 1 heterocycles. The first kappa shape index (κ1) is 13.0. The predicted octanol–water partition coefficient (Wildman–Crippen LogP) is 4.77. The lowest BCUT2D eigenvalue weighted by molar-refractivity contribution is 0.424. The van der Waals surface area contributed by atoms with Crippen LogP contribution in [0.5, 0.6) is 5.75 Å². The Labute approximate surface area is 128 Å². The Morgan fingerprint density at radius 3 is 1.71 bits per heavy atom. The average molecular weight is 295 g/mol. The van der Waals surface area contributed by atoms with Gasteiger partial charge in [-0.2, -0.15) is 0 Å². The van der Waals surface area contributed by atoms with Gasteiger partial charge in [0.1, 0.15) is 17.3 Å². The van der Waals surface area contributed by atoms with Crippen molar-refractivity contribution in [2.45, 2.75) is 17.7 Å². The van der Waals surface area contributed by atoms with E-state index in [0.717, 1.165) is 5.75 Å². The molecule has 3 aromatic carbocycles. The van der Waals surface area contributed by atoms with Crippen LogP contribution in [0.3, 0.4) is 0 Å². The van der Waals surface area contributed by atoms with Crippen LogP contribution in [0.2, 0.25) is 0 Å². The van der Waals surface area contributed by atoms with Crippen LogP contribution < -0.4 is 4.74 Å². The highest BCUT2D eigenvalue weighted by Gasteiger charge is 2.31. The van der Waals surface area contributed by atoms with E-state index in [2.05, 4.69) is 48.5 Å². The summed E-state index contributed by atoms with van der Waals surface area (Å²) in [5.41, 5.74) is 0. The summed E-state index contributed by atoms with van der Waals surface area (Å²) in [5, 5.41) is 5.29. The fraction of sp³-hybridized carbons (Fsp3) is 0.263. The second kappa shape index (κ2) is 5.27. The lowest BCUT2D eigenvalue weighted by Crippen LogP contribution is -2.06. The maximum atomic E-state index is 5.76. The Bertz CT molecular complexity index is 746. The van der Waals surface area contributed by atoms with Crippen LogP contribution in [0, 0.1) is 0 Å². The third-order valence-corrected chi connectivity index (χ3v) is 6.94. The quantitative estimate of drug-likeness (QED) is 0.488. The second-order valence-corrected chi connectivity index (χ2v) is 7.77. The molecule has 0 amide bonds. The fourth-order valence-electron chi connectivity index (χ4n) is 3.44. The molecule has 0 bridgehead atoms. The van der Waals surface area contributed by atoms with Gasteiger partial charge >= 0.3 is 0 Å². The van der Waals surface area contributed by atoms with E-state index in [1.165, 1.54) is 45.9 Å². The molecule has 1 aliphatic heterocycles. The van der Waals surface area contributed by atoms with Gasteiger partial charge in [0.05, 0.1) is 7.11 Å². The first-order valence-electron chi connectivity index (χ1n) is 7.55. The molecule has 1 fully saturated rings. The van der Waals surface area contributed by atoms with Crippen molar-refractivity contribution in [1.82, 2.24) is 0 Å².